The van der Waals surface area contributed by atoms with E-state index in [0.717, 1.165) is 26.9 Å². The zero-order valence-electron chi connectivity index (χ0n) is 14.0. The highest BCUT2D eigenvalue weighted by Gasteiger charge is 2.16. The SMILES string of the molecule is CCc1ccc(OCc2ccc(I)cc2N(O)C(=O)NC)c(C)c1. The van der Waals surface area contributed by atoms with Crippen molar-refractivity contribution in [3.63, 3.8) is 0 Å². The Hall–Kier alpha value is -1.80. The van der Waals surface area contributed by atoms with Crippen LogP contribution in [0.5, 0.6) is 5.75 Å². The Morgan fingerprint density at radius 1 is 1.29 bits per heavy atom. The highest BCUT2D eigenvalue weighted by atomic mass is 127. The molecule has 24 heavy (non-hydrogen) atoms. The Labute approximate surface area is 155 Å². The largest absolute Gasteiger partial charge is 0.489 e. The van der Waals surface area contributed by atoms with E-state index in [2.05, 4.69) is 40.9 Å². The van der Waals surface area contributed by atoms with E-state index in [9.17, 15) is 10.0 Å². The van der Waals surface area contributed by atoms with Gasteiger partial charge in [-0.05, 0) is 65.3 Å². The summed E-state index contributed by atoms with van der Waals surface area (Å²) in [5, 5.41) is 13.1. The average molecular weight is 440 g/mol. The number of amides is 2. The number of rotatable bonds is 5. The van der Waals surface area contributed by atoms with E-state index in [1.165, 1.54) is 12.6 Å². The molecule has 0 aliphatic heterocycles. The minimum Gasteiger partial charge on any atom is -0.489 e. The predicted octanol–water partition coefficient (Wildman–Crippen LogP) is 4.28. The number of nitrogens with zero attached hydrogens (tertiary/aromatic N) is 1. The molecule has 0 fully saturated rings. The van der Waals surface area contributed by atoms with Gasteiger partial charge >= 0.3 is 6.03 Å². The molecule has 0 saturated carbocycles. The summed E-state index contributed by atoms with van der Waals surface area (Å²) in [5.41, 5.74) is 3.45. The van der Waals surface area contributed by atoms with Crippen LogP contribution in [0.15, 0.2) is 36.4 Å². The lowest BCUT2D eigenvalue weighted by atomic mass is 10.1. The van der Waals surface area contributed by atoms with Crippen molar-refractivity contribution in [2.45, 2.75) is 26.9 Å². The maximum atomic E-state index is 11.7. The average Bonchev–Trinajstić information content (AvgIpc) is 2.59. The Kier molecular flexibility index (Phi) is 6.44. The number of benzene rings is 2. The molecule has 0 spiro atoms. The number of hydroxylamine groups is 1. The van der Waals surface area contributed by atoms with E-state index in [-0.39, 0.29) is 6.61 Å². The summed E-state index contributed by atoms with van der Waals surface area (Å²) in [6, 6.07) is 11.0. The van der Waals surface area contributed by atoms with Gasteiger partial charge in [-0.1, -0.05) is 25.1 Å². The monoisotopic (exact) mass is 440 g/mol. The summed E-state index contributed by atoms with van der Waals surface area (Å²) in [6.07, 6.45) is 0.980. The number of nitrogens with one attached hydrogen (secondary N) is 1. The molecular formula is C18H21IN2O3. The molecule has 6 heteroatoms. The number of carbonyl (C=O) groups excluding carboxylic acids is 1. The summed E-state index contributed by atoms with van der Waals surface area (Å²) in [7, 11) is 1.47. The maximum Gasteiger partial charge on any atom is 0.345 e. The van der Waals surface area contributed by atoms with Gasteiger partial charge in [0.1, 0.15) is 12.4 Å². The van der Waals surface area contributed by atoms with Crippen molar-refractivity contribution in [1.29, 1.82) is 0 Å². The second-order valence-corrected chi connectivity index (χ2v) is 6.63. The third-order valence-electron chi connectivity index (χ3n) is 3.71. The second kappa shape index (κ2) is 8.34. The number of carbonyl (C=O) groups is 1. The van der Waals surface area contributed by atoms with Gasteiger partial charge in [-0.2, -0.15) is 5.06 Å². The molecule has 0 bridgehead atoms. The lowest BCUT2D eigenvalue weighted by molar-refractivity contribution is 0.205. The first-order valence-electron chi connectivity index (χ1n) is 7.67. The molecule has 2 aromatic carbocycles. The van der Waals surface area contributed by atoms with Crippen molar-refractivity contribution in [2.24, 2.45) is 0 Å². The van der Waals surface area contributed by atoms with Crippen molar-refractivity contribution >= 4 is 34.3 Å². The van der Waals surface area contributed by atoms with Crippen molar-refractivity contribution in [3.8, 4) is 5.75 Å². The van der Waals surface area contributed by atoms with Crippen LogP contribution in [-0.4, -0.2) is 18.3 Å². The molecule has 0 heterocycles. The molecule has 0 saturated heterocycles. The van der Waals surface area contributed by atoms with Gasteiger partial charge in [0.15, 0.2) is 0 Å². The van der Waals surface area contributed by atoms with Crippen molar-refractivity contribution in [1.82, 2.24) is 5.32 Å². The highest BCUT2D eigenvalue weighted by molar-refractivity contribution is 14.1. The third-order valence-corrected chi connectivity index (χ3v) is 4.38. The number of halogens is 1. The van der Waals surface area contributed by atoms with Crippen molar-refractivity contribution in [3.05, 3.63) is 56.7 Å². The lowest BCUT2D eigenvalue weighted by Gasteiger charge is -2.19. The zero-order valence-corrected chi connectivity index (χ0v) is 16.1. The van der Waals surface area contributed by atoms with Gasteiger partial charge in [0.05, 0.1) is 5.69 Å². The summed E-state index contributed by atoms with van der Waals surface area (Å²) in [4.78, 5) is 11.7. The van der Waals surface area contributed by atoms with Crippen LogP contribution in [0.25, 0.3) is 0 Å². The van der Waals surface area contributed by atoms with Crippen LogP contribution in [0.3, 0.4) is 0 Å². The highest BCUT2D eigenvalue weighted by Crippen LogP contribution is 2.26. The third kappa shape index (κ3) is 4.39. The Bertz CT molecular complexity index is 734. The number of urea groups is 1. The molecule has 2 aromatic rings. The molecule has 5 nitrogen and oxygen atoms in total. The first-order chi connectivity index (χ1) is 11.5. The minimum absolute atomic E-state index is 0.257. The van der Waals surface area contributed by atoms with Gasteiger partial charge < -0.3 is 10.1 Å². The molecule has 2 amide bonds. The predicted molar refractivity (Wildman–Crippen MR) is 103 cm³/mol. The van der Waals surface area contributed by atoms with Crippen LogP contribution in [0.4, 0.5) is 10.5 Å². The molecular weight excluding hydrogens is 419 g/mol. The second-order valence-electron chi connectivity index (χ2n) is 5.38. The Morgan fingerprint density at radius 2 is 2.04 bits per heavy atom. The summed E-state index contributed by atoms with van der Waals surface area (Å²) in [6.45, 7) is 4.38. The molecule has 0 aromatic heterocycles. The minimum atomic E-state index is -0.596. The van der Waals surface area contributed by atoms with Crippen LogP contribution in [0, 0.1) is 10.5 Å². The first kappa shape index (κ1) is 18.5. The number of aryl methyl sites for hydroxylation is 2. The summed E-state index contributed by atoms with van der Waals surface area (Å²) in [5.74, 6) is 0.793. The van der Waals surface area contributed by atoms with Gasteiger partial charge in [-0.3, -0.25) is 5.21 Å². The molecule has 0 atom stereocenters. The van der Waals surface area contributed by atoms with Crippen molar-refractivity contribution in [2.75, 3.05) is 12.1 Å². The Morgan fingerprint density at radius 3 is 2.67 bits per heavy atom. The fraction of sp³-hybridized carbons (Fsp3) is 0.278. The van der Waals surface area contributed by atoms with Gasteiger partial charge in [0.2, 0.25) is 0 Å². The van der Waals surface area contributed by atoms with E-state index < -0.39 is 6.03 Å². The lowest BCUT2D eigenvalue weighted by Crippen LogP contribution is -2.36. The number of anilines is 1. The van der Waals surface area contributed by atoms with Crippen LogP contribution in [0.1, 0.15) is 23.6 Å². The van der Waals surface area contributed by atoms with Gasteiger partial charge in [-0.15, -0.1) is 0 Å². The molecule has 0 aliphatic carbocycles. The van der Waals surface area contributed by atoms with E-state index in [1.807, 2.05) is 31.2 Å². The van der Waals surface area contributed by atoms with E-state index >= 15 is 0 Å². The van der Waals surface area contributed by atoms with E-state index in [4.69, 9.17) is 4.74 Å². The molecule has 2 rings (SSSR count). The first-order valence-corrected chi connectivity index (χ1v) is 8.75. The number of hydrogen-bond donors (Lipinski definition) is 2. The van der Waals surface area contributed by atoms with Crippen molar-refractivity contribution < 1.29 is 14.7 Å². The topological polar surface area (TPSA) is 61.8 Å². The van der Waals surface area contributed by atoms with Crippen LogP contribution >= 0.6 is 22.6 Å². The van der Waals surface area contributed by atoms with Crippen LogP contribution in [0.2, 0.25) is 0 Å². The maximum absolute atomic E-state index is 11.7. The quantitative estimate of drug-likeness (QED) is 0.415. The molecule has 128 valence electrons. The van der Waals surface area contributed by atoms with Gasteiger partial charge in [0.25, 0.3) is 0 Å². The van der Waals surface area contributed by atoms with E-state index in [0.29, 0.717) is 10.8 Å². The fourth-order valence-corrected chi connectivity index (χ4v) is 2.80. The zero-order chi connectivity index (χ0) is 17.7. The molecule has 0 aliphatic rings. The van der Waals surface area contributed by atoms with Crippen LogP contribution < -0.4 is 15.1 Å². The fourth-order valence-electron chi connectivity index (χ4n) is 2.32. The molecule has 2 N–H and O–H groups in total. The van der Waals surface area contributed by atoms with Crippen LogP contribution in [-0.2, 0) is 13.0 Å². The van der Waals surface area contributed by atoms with Gasteiger partial charge in [-0.25, -0.2) is 4.79 Å². The summed E-state index contributed by atoms with van der Waals surface area (Å²) < 4.78 is 6.81. The number of hydrogen-bond acceptors (Lipinski definition) is 3. The van der Waals surface area contributed by atoms with E-state index in [1.54, 1.807) is 6.07 Å². The molecule has 0 radical (unpaired) electrons. The normalized spacial score (nSPS) is 10.4. The number of ether oxygens (including phenoxy) is 1. The smallest absolute Gasteiger partial charge is 0.345 e. The van der Waals surface area contributed by atoms with Gasteiger partial charge in [0, 0.05) is 16.2 Å². The molecule has 0 unspecified atom stereocenters. The standard InChI is InChI=1S/C18H21IN2O3/c1-4-13-5-8-17(12(2)9-13)24-11-14-6-7-15(19)10-16(14)21(23)18(22)20-3/h5-10,23H,4,11H2,1-3H3,(H,20,22). The summed E-state index contributed by atoms with van der Waals surface area (Å²) >= 11 is 2.13. The Balaban J connectivity index is 2.22.